The van der Waals surface area contributed by atoms with Gasteiger partial charge in [-0.05, 0) is 12.8 Å². The van der Waals surface area contributed by atoms with Crippen molar-refractivity contribution in [1.82, 2.24) is 0 Å². The molecule has 0 bridgehead atoms. The van der Waals surface area contributed by atoms with Crippen molar-refractivity contribution >= 4 is 29.7 Å². The molecule has 0 N–H and O–H groups in total. The predicted octanol–water partition coefficient (Wildman–Crippen LogP) is 4.17. The normalized spacial score (nSPS) is 11.2. The maximum atomic E-state index is 5.43. The van der Waals surface area contributed by atoms with Crippen molar-refractivity contribution in [2.24, 2.45) is 0 Å². The van der Waals surface area contributed by atoms with Gasteiger partial charge in [0.25, 0.3) is 0 Å². The Morgan fingerprint density at radius 3 is 1.62 bits per heavy atom. The van der Waals surface area contributed by atoms with Crippen LogP contribution in [0.15, 0.2) is 0 Å². The Balaban J connectivity index is 0. The van der Waals surface area contributed by atoms with Crippen molar-refractivity contribution in [2.45, 2.75) is 52.4 Å². The van der Waals surface area contributed by atoms with Crippen LogP contribution in [0, 0.1) is 0 Å². The first-order chi connectivity index (χ1) is 7.12. The summed E-state index contributed by atoms with van der Waals surface area (Å²) >= 11 is 10.2. The molecule has 0 aromatic carbocycles. The van der Waals surface area contributed by atoms with Gasteiger partial charge in [-0.2, -0.15) is 0 Å². The molecule has 0 heterocycles. The average molecular weight is 365 g/mol. The van der Waals surface area contributed by atoms with Gasteiger partial charge in [0, 0.05) is 21.1 Å². The minimum absolute atomic E-state index is 0. The molecule has 0 aromatic rings. The second kappa shape index (κ2) is 13.0. The molecule has 0 saturated carbocycles. The Hall–Kier alpha value is 1.61. The van der Waals surface area contributed by atoms with E-state index in [1.54, 1.807) is 0 Å². The zero-order chi connectivity index (χ0) is 11.6. The Bertz CT molecular complexity index is 178. The molecule has 0 aromatic heterocycles. The molecule has 6 heteroatoms. The van der Waals surface area contributed by atoms with Crippen LogP contribution in [-0.2, 0) is 54.2 Å². The molecule has 0 atom stereocenters. The zero-order valence-electron chi connectivity index (χ0n) is 10.1. The molecule has 0 saturated heterocycles. The van der Waals surface area contributed by atoms with E-state index < -0.39 is 5.69 Å². The van der Waals surface area contributed by atoms with Gasteiger partial charge in [0.2, 0.25) is 0 Å². The summed E-state index contributed by atoms with van der Waals surface area (Å²) in [6, 6.07) is 0. The fraction of sp³-hybridized carbons (Fsp3) is 1.00. The van der Waals surface area contributed by atoms with Gasteiger partial charge in [-0.25, -0.2) is 0 Å². The summed E-state index contributed by atoms with van der Waals surface area (Å²) < 4.78 is 10.9. The third-order valence-corrected chi connectivity index (χ3v) is 4.26. The van der Waals surface area contributed by atoms with E-state index in [4.69, 9.17) is 33.1 Å². The van der Waals surface area contributed by atoms with Crippen molar-refractivity contribution < 1.29 is 30.1 Å². The Labute approximate surface area is 125 Å². The first-order valence-corrected chi connectivity index (χ1v) is 9.37. The van der Waals surface area contributed by atoms with Gasteiger partial charge >= 0.3 is 0 Å². The smallest absolute Gasteiger partial charge is 0.0563 e. The fourth-order valence-corrected chi connectivity index (χ4v) is 2.77. The van der Waals surface area contributed by atoms with Crippen molar-refractivity contribution in [3.63, 3.8) is 0 Å². The molecule has 0 amide bonds. The van der Waals surface area contributed by atoms with E-state index in [1.807, 2.05) is 0 Å². The van der Waals surface area contributed by atoms with E-state index in [9.17, 15) is 0 Å². The third-order valence-electron chi connectivity index (χ3n) is 1.99. The van der Waals surface area contributed by atoms with Gasteiger partial charge in [-0.1, -0.05) is 51.3 Å². The van der Waals surface area contributed by atoms with Gasteiger partial charge in [-0.3, -0.25) is 0 Å². The molecule has 0 aliphatic carbocycles. The van der Waals surface area contributed by atoms with Crippen LogP contribution in [0.2, 0.25) is 0 Å². The Morgan fingerprint density at radius 2 is 1.31 bits per heavy atom. The summed E-state index contributed by atoms with van der Waals surface area (Å²) in [7, 11) is 0. The Kier molecular flexibility index (Phi) is 16.3. The SMILES string of the molecule is CCCCCOP(=S)([S-])OCCCCC.[Mo]. The first-order valence-electron chi connectivity index (χ1n) is 5.72. The van der Waals surface area contributed by atoms with Crippen LogP contribution < -0.4 is 0 Å². The van der Waals surface area contributed by atoms with Crippen LogP contribution in [0.4, 0.5) is 0 Å². The number of hydrogen-bond donors (Lipinski definition) is 0. The fourth-order valence-electron chi connectivity index (χ4n) is 1.09. The van der Waals surface area contributed by atoms with E-state index in [1.165, 1.54) is 25.7 Å². The first kappa shape index (κ1) is 19.9. The van der Waals surface area contributed by atoms with Crippen LogP contribution in [0.3, 0.4) is 0 Å². The average Bonchev–Trinajstić information content (AvgIpc) is 2.20. The second-order valence-electron chi connectivity index (χ2n) is 3.53. The molecule has 0 spiro atoms. The number of unbranched alkanes of at least 4 members (excludes halogenated alkanes) is 4. The maximum absolute atomic E-state index is 5.43. The monoisotopic (exact) mass is 367 g/mol. The van der Waals surface area contributed by atoms with Crippen molar-refractivity contribution in [2.75, 3.05) is 13.2 Å². The quantitative estimate of drug-likeness (QED) is 0.250. The van der Waals surface area contributed by atoms with Crippen molar-refractivity contribution in [1.29, 1.82) is 0 Å². The topological polar surface area (TPSA) is 18.5 Å². The summed E-state index contributed by atoms with van der Waals surface area (Å²) in [5.74, 6) is 0. The molecule has 98 valence electrons. The number of hydrogen-bond acceptors (Lipinski definition) is 4. The van der Waals surface area contributed by atoms with Crippen molar-refractivity contribution in [3.8, 4) is 0 Å². The number of rotatable bonds is 10. The van der Waals surface area contributed by atoms with E-state index in [2.05, 4.69) is 13.8 Å². The second-order valence-corrected chi connectivity index (χ2v) is 8.52. The van der Waals surface area contributed by atoms with Crippen LogP contribution in [0.1, 0.15) is 52.4 Å². The van der Waals surface area contributed by atoms with Gasteiger partial charge in [0.1, 0.15) is 0 Å². The van der Waals surface area contributed by atoms with E-state index in [-0.39, 0.29) is 21.1 Å². The Morgan fingerprint density at radius 1 is 0.938 bits per heavy atom. The minimum Gasteiger partial charge on any atom is -0.691 e. The van der Waals surface area contributed by atoms with Crippen LogP contribution >= 0.6 is 5.69 Å². The van der Waals surface area contributed by atoms with Gasteiger partial charge in [0.15, 0.2) is 0 Å². The van der Waals surface area contributed by atoms with E-state index >= 15 is 0 Å². The summed E-state index contributed by atoms with van der Waals surface area (Å²) in [4.78, 5) is 0. The molecule has 2 nitrogen and oxygen atoms in total. The van der Waals surface area contributed by atoms with Crippen LogP contribution in [0.5, 0.6) is 0 Å². The van der Waals surface area contributed by atoms with Gasteiger partial charge in [0.05, 0.1) is 18.9 Å². The van der Waals surface area contributed by atoms with Crippen molar-refractivity contribution in [3.05, 3.63) is 0 Å². The van der Waals surface area contributed by atoms with Gasteiger partial charge in [-0.15, -0.1) is 0 Å². The summed E-state index contributed by atoms with van der Waals surface area (Å²) in [6.07, 6.45) is 6.76. The molecule has 0 unspecified atom stereocenters. The molecule has 0 aliphatic heterocycles. The standard InChI is InChI=1S/C10H23O2PS2.Mo/c1-3-5-7-9-11-13(14,15)12-10-8-6-4-2;/h3-10H2,1-2H3,(H,14,15);/p-1. The molecular weight excluding hydrogens is 343 g/mol. The molecule has 0 fully saturated rings. The van der Waals surface area contributed by atoms with E-state index in [0.717, 1.165) is 12.8 Å². The largest absolute Gasteiger partial charge is 0.691 e. The van der Waals surface area contributed by atoms with E-state index in [0.29, 0.717) is 13.2 Å². The predicted molar refractivity (Wildman–Crippen MR) is 72.6 cm³/mol. The zero-order valence-corrected chi connectivity index (χ0v) is 14.7. The van der Waals surface area contributed by atoms with Gasteiger partial charge < -0.3 is 21.3 Å². The summed E-state index contributed by atoms with van der Waals surface area (Å²) in [6.45, 7) is 5.63. The molecule has 0 rings (SSSR count). The molecular formula is C10H22MoO2PS2-. The molecule has 0 radical (unpaired) electrons. The van der Waals surface area contributed by atoms with Crippen LogP contribution in [0.25, 0.3) is 0 Å². The summed E-state index contributed by atoms with van der Waals surface area (Å²) in [5, 5.41) is 0. The maximum Gasteiger partial charge on any atom is 0.0563 e. The minimum atomic E-state index is -2.36. The van der Waals surface area contributed by atoms with Crippen LogP contribution in [-0.4, -0.2) is 13.2 Å². The third kappa shape index (κ3) is 13.7. The molecule has 0 aliphatic rings. The summed E-state index contributed by atoms with van der Waals surface area (Å²) in [5.41, 5.74) is -2.36. The molecule has 16 heavy (non-hydrogen) atoms.